The summed E-state index contributed by atoms with van der Waals surface area (Å²) in [5, 5.41) is 10.5. The summed E-state index contributed by atoms with van der Waals surface area (Å²) in [6.45, 7) is -0.871. The Morgan fingerprint density at radius 2 is 1.30 bits per heavy atom. The Hall–Kier alpha value is -3.34. The van der Waals surface area contributed by atoms with Crippen LogP contribution in [0.25, 0.3) is 0 Å². The first-order chi connectivity index (χ1) is 14.2. The third-order valence-corrected chi connectivity index (χ3v) is 5.85. The summed E-state index contributed by atoms with van der Waals surface area (Å²) in [7, 11) is -5.92. The topological polar surface area (TPSA) is 82.1 Å². The highest BCUT2D eigenvalue weighted by Crippen LogP contribution is 2.38. The monoisotopic (exact) mass is 434 g/mol. The first-order valence-corrected chi connectivity index (χ1v) is 10.0. The molecule has 0 unspecified atom stereocenters. The molecule has 0 saturated heterocycles. The first-order valence-electron chi connectivity index (χ1n) is 8.61. The lowest BCUT2D eigenvalue weighted by Gasteiger charge is -2.33. The van der Waals surface area contributed by atoms with Crippen LogP contribution in [-0.2, 0) is 10.1 Å². The number of benzene rings is 3. The molecule has 0 radical (unpaired) electrons. The number of hydrogen-bond acceptors (Lipinski definition) is 6. The number of phenolic OH excluding ortho intramolecular Hbond substituents is 1. The van der Waals surface area contributed by atoms with E-state index in [0.717, 1.165) is 6.07 Å². The number of alkyl halides is 3. The van der Waals surface area contributed by atoms with Gasteiger partial charge in [-0.25, -0.2) is 0 Å². The van der Waals surface area contributed by atoms with Crippen LogP contribution in [0.3, 0.4) is 0 Å². The van der Waals surface area contributed by atoms with Crippen LogP contribution in [0.1, 0.15) is 0 Å². The molecular weight excluding hydrogens is 424 g/mol. The van der Waals surface area contributed by atoms with E-state index in [0.29, 0.717) is 17.0 Å². The van der Waals surface area contributed by atoms with Crippen molar-refractivity contribution in [2.45, 2.75) is 5.51 Å². The number of halogens is 3. The van der Waals surface area contributed by atoms with Crippen LogP contribution in [0.4, 0.5) is 13.2 Å². The normalized spacial score (nSPS) is 14.0. The predicted molar refractivity (Wildman–Crippen MR) is 101 cm³/mol. The third kappa shape index (κ3) is 2.62. The quantitative estimate of drug-likeness (QED) is 0.261. The van der Waals surface area contributed by atoms with E-state index >= 15 is 0 Å². The number of phenols is 1. The van der Waals surface area contributed by atoms with Crippen LogP contribution in [-0.4, -0.2) is 25.7 Å². The summed E-state index contributed by atoms with van der Waals surface area (Å²) in [6, 6.07) is 13.4. The van der Waals surface area contributed by atoms with Crippen molar-refractivity contribution in [3.8, 4) is 34.5 Å². The Bertz CT molecular complexity index is 1270. The lowest BCUT2D eigenvalue weighted by Crippen LogP contribution is -2.58. The van der Waals surface area contributed by atoms with Crippen molar-refractivity contribution in [1.29, 1.82) is 0 Å². The molecule has 5 rings (SSSR count). The summed E-state index contributed by atoms with van der Waals surface area (Å²) in [6.07, 6.45) is 0. The molecule has 152 valence electrons. The average Bonchev–Trinajstić information content (AvgIpc) is 2.67. The van der Waals surface area contributed by atoms with E-state index in [1.807, 2.05) is 0 Å². The number of ether oxygens (including phenoxy) is 2. The molecule has 3 aromatic carbocycles. The largest absolute Gasteiger partial charge is 0.534 e. The minimum Gasteiger partial charge on any atom is -0.508 e. The number of aromatic hydroxyl groups is 1. The van der Waals surface area contributed by atoms with E-state index in [1.165, 1.54) is 18.2 Å². The lowest BCUT2D eigenvalue weighted by molar-refractivity contribution is -0.0499. The van der Waals surface area contributed by atoms with Gasteiger partial charge >= 0.3 is 15.6 Å². The van der Waals surface area contributed by atoms with Crippen LogP contribution >= 0.6 is 0 Å². The van der Waals surface area contributed by atoms with Gasteiger partial charge in [-0.1, -0.05) is 18.2 Å². The van der Waals surface area contributed by atoms with Crippen LogP contribution < -0.4 is 30.0 Å². The maximum absolute atomic E-state index is 12.9. The molecule has 0 aliphatic carbocycles. The molecule has 2 aliphatic rings. The van der Waals surface area contributed by atoms with Gasteiger partial charge in [0.25, 0.3) is 6.71 Å². The highest BCUT2D eigenvalue weighted by molar-refractivity contribution is 7.88. The van der Waals surface area contributed by atoms with Crippen LogP contribution in [0.5, 0.6) is 34.5 Å². The van der Waals surface area contributed by atoms with Gasteiger partial charge in [-0.2, -0.15) is 21.6 Å². The molecule has 0 fully saturated rings. The van der Waals surface area contributed by atoms with Crippen molar-refractivity contribution in [2.24, 2.45) is 0 Å². The van der Waals surface area contributed by atoms with Crippen molar-refractivity contribution in [2.75, 3.05) is 0 Å². The first kappa shape index (κ1) is 18.7. The van der Waals surface area contributed by atoms with Gasteiger partial charge in [0.05, 0.1) is 0 Å². The molecule has 0 spiro atoms. The predicted octanol–water partition coefficient (Wildman–Crippen LogP) is 2.35. The molecule has 3 aromatic rings. The van der Waals surface area contributed by atoms with Crippen molar-refractivity contribution < 1.29 is 40.4 Å². The zero-order valence-electron chi connectivity index (χ0n) is 14.8. The van der Waals surface area contributed by atoms with Gasteiger partial charge in [-0.15, -0.1) is 0 Å². The minimum absolute atomic E-state index is 0.0383. The Kier molecular flexibility index (Phi) is 3.79. The van der Waals surface area contributed by atoms with Crippen LogP contribution in [0, 0.1) is 0 Å². The summed E-state index contributed by atoms with van der Waals surface area (Å²) in [5.41, 5.74) is -4.86. The fraction of sp³-hybridized carbons (Fsp3) is 0.0526. The summed E-state index contributed by atoms with van der Waals surface area (Å²) in [5.74, 6) is 0.414. The molecule has 1 N–H and O–H groups in total. The van der Waals surface area contributed by atoms with Crippen molar-refractivity contribution in [3.63, 3.8) is 0 Å². The van der Waals surface area contributed by atoms with Gasteiger partial charge in [0.1, 0.15) is 34.5 Å². The van der Waals surface area contributed by atoms with Crippen molar-refractivity contribution in [3.05, 3.63) is 54.6 Å². The van der Waals surface area contributed by atoms with E-state index in [2.05, 4.69) is 4.18 Å². The van der Waals surface area contributed by atoms with E-state index in [9.17, 15) is 26.7 Å². The number of hydrogen-bond donors (Lipinski definition) is 1. The Morgan fingerprint density at radius 3 is 1.90 bits per heavy atom. The van der Waals surface area contributed by atoms with Crippen LogP contribution in [0.2, 0.25) is 0 Å². The van der Waals surface area contributed by atoms with E-state index in [4.69, 9.17) is 9.47 Å². The minimum atomic E-state index is -5.92. The number of fused-ring (bicyclic) bond motifs is 4. The van der Waals surface area contributed by atoms with E-state index in [-0.39, 0.29) is 28.2 Å². The van der Waals surface area contributed by atoms with Gasteiger partial charge in [-0.3, -0.25) is 0 Å². The molecular formula is C19H10BF3O6S. The average molecular weight is 434 g/mol. The molecule has 0 amide bonds. The Balaban J connectivity index is 1.79. The van der Waals surface area contributed by atoms with Gasteiger partial charge in [0, 0.05) is 16.4 Å². The fourth-order valence-corrected chi connectivity index (χ4v) is 4.18. The molecule has 2 aliphatic heterocycles. The molecule has 0 saturated carbocycles. The second kappa shape index (κ2) is 6.08. The second-order valence-electron chi connectivity index (χ2n) is 6.65. The lowest BCUT2D eigenvalue weighted by atomic mass is 9.34. The standard InChI is InChI=1S/C19H10BF3O6S/c21-19(22,23)30(25,26)29-15-9-3-8-14-18(15)20-16-10(24)4-1-5-11(16)27-12-6-2-7-13(28-14)17(12)20/h1-9,24H. The highest BCUT2D eigenvalue weighted by atomic mass is 32.2. The third-order valence-electron chi connectivity index (χ3n) is 4.88. The van der Waals surface area contributed by atoms with Gasteiger partial charge < -0.3 is 18.8 Å². The zero-order valence-corrected chi connectivity index (χ0v) is 15.6. The van der Waals surface area contributed by atoms with Gasteiger partial charge in [-0.05, 0) is 36.4 Å². The van der Waals surface area contributed by atoms with Gasteiger partial charge in [0.2, 0.25) is 0 Å². The maximum Gasteiger partial charge on any atom is 0.534 e. The van der Waals surface area contributed by atoms with Crippen molar-refractivity contribution >= 4 is 33.2 Å². The SMILES string of the molecule is O=S(=O)(Oc1cccc2c1B1c3c(O)cccc3Oc3cccc(c31)O2)C(F)(F)F. The second-order valence-corrected chi connectivity index (χ2v) is 8.18. The highest BCUT2D eigenvalue weighted by Gasteiger charge is 2.50. The zero-order chi connectivity index (χ0) is 21.3. The number of rotatable bonds is 2. The molecule has 0 bridgehead atoms. The molecule has 11 heteroatoms. The Labute approximate surface area is 168 Å². The van der Waals surface area contributed by atoms with Crippen molar-refractivity contribution in [1.82, 2.24) is 0 Å². The van der Waals surface area contributed by atoms with E-state index < -0.39 is 28.1 Å². The van der Waals surface area contributed by atoms with Gasteiger partial charge in [0.15, 0.2) is 0 Å². The fourth-order valence-electron chi connectivity index (χ4n) is 3.70. The van der Waals surface area contributed by atoms with E-state index in [1.54, 1.807) is 30.3 Å². The molecule has 0 aromatic heterocycles. The molecule has 6 nitrogen and oxygen atoms in total. The summed E-state index contributed by atoms with van der Waals surface area (Å²) >= 11 is 0. The smallest absolute Gasteiger partial charge is 0.508 e. The van der Waals surface area contributed by atoms with Crippen LogP contribution in [0.15, 0.2) is 54.6 Å². The molecule has 30 heavy (non-hydrogen) atoms. The maximum atomic E-state index is 12.9. The summed E-state index contributed by atoms with van der Waals surface area (Å²) < 4.78 is 78.3. The molecule has 2 heterocycles. The molecule has 0 atom stereocenters. The Morgan fingerprint density at radius 1 is 0.800 bits per heavy atom. The summed E-state index contributed by atoms with van der Waals surface area (Å²) in [4.78, 5) is 0.